The average Bonchev–Trinajstić information content (AvgIpc) is 2.61. The van der Waals surface area contributed by atoms with Crippen molar-refractivity contribution in [3.8, 4) is 5.75 Å². The summed E-state index contributed by atoms with van der Waals surface area (Å²) in [6, 6.07) is 6.77. The lowest BCUT2D eigenvalue weighted by Gasteiger charge is -2.06. The first-order valence-electron chi connectivity index (χ1n) is 5.26. The zero-order valence-corrected chi connectivity index (χ0v) is 8.62. The molecule has 0 radical (unpaired) electrons. The molecule has 0 saturated carbocycles. The van der Waals surface area contributed by atoms with Crippen molar-refractivity contribution in [1.82, 2.24) is 0 Å². The summed E-state index contributed by atoms with van der Waals surface area (Å²) in [5, 5.41) is 0. The molecule has 0 aliphatic carbocycles. The average molecular weight is 191 g/mol. The van der Waals surface area contributed by atoms with E-state index in [2.05, 4.69) is 25.1 Å². The van der Waals surface area contributed by atoms with Crippen molar-refractivity contribution in [2.75, 3.05) is 6.61 Å². The largest absolute Gasteiger partial charge is 0.493 e. The van der Waals surface area contributed by atoms with Gasteiger partial charge in [-0.3, -0.25) is 0 Å². The molecule has 0 spiro atoms. The predicted molar refractivity (Wildman–Crippen MR) is 57.6 cm³/mol. The smallest absolute Gasteiger partial charge is 0.122 e. The van der Waals surface area contributed by atoms with Crippen molar-refractivity contribution >= 4 is 0 Å². The third-order valence-corrected chi connectivity index (χ3v) is 2.64. The van der Waals surface area contributed by atoms with Crippen LogP contribution in [0.5, 0.6) is 5.75 Å². The maximum Gasteiger partial charge on any atom is 0.122 e. The molecule has 76 valence electrons. The van der Waals surface area contributed by atoms with E-state index < -0.39 is 0 Å². The van der Waals surface area contributed by atoms with E-state index in [1.165, 1.54) is 11.1 Å². The van der Waals surface area contributed by atoms with Crippen LogP contribution in [0.3, 0.4) is 0 Å². The van der Waals surface area contributed by atoms with Gasteiger partial charge in [-0.15, -0.1) is 0 Å². The molecule has 1 aromatic carbocycles. The number of aryl methyl sites for hydroxylation is 1. The van der Waals surface area contributed by atoms with Gasteiger partial charge in [-0.25, -0.2) is 0 Å². The summed E-state index contributed by atoms with van der Waals surface area (Å²) in [7, 11) is 0. The lowest BCUT2D eigenvalue weighted by atomic mass is 10.0. The highest BCUT2D eigenvalue weighted by atomic mass is 16.5. The molecule has 0 aromatic heterocycles. The van der Waals surface area contributed by atoms with Crippen LogP contribution >= 0.6 is 0 Å². The van der Waals surface area contributed by atoms with Crippen LogP contribution in [0.15, 0.2) is 18.2 Å². The van der Waals surface area contributed by atoms with Crippen molar-refractivity contribution in [2.24, 2.45) is 5.73 Å². The van der Waals surface area contributed by atoms with Gasteiger partial charge in [0, 0.05) is 12.5 Å². The van der Waals surface area contributed by atoms with E-state index >= 15 is 0 Å². The van der Waals surface area contributed by atoms with E-state index in [0.29, 0.717) is 6.04 Å². The normalized spacial score (nSPS) is 16.1. The summed E-state index contributed by atoms with van der Waals surface area (Å²) < 4.78 is 5.45. The molecule has 1 heterocycles. The summed E-state index contributed by atoms with van der Waals surface area (Å²) >= 11 is 0. The van der Waals surface area contributed by atoms with Gasteiger partial charge in [-0.05, 0) is 37.0 Å². The fourth-order valence-corrected chi connectivity index (χ4v) is 1.79. The molecule has 0 unspecified atom stereocenters. The molecule has 2 N–H and O–H groups in total. The van der Waals surface area contributed by atoms with Crippen molar-refractivity contribution in [3.05, 3.63) is 29.3 Å². The lowest BCUT2D eigenvalue weighted by Crippen LogP contribution is -2.15. The zero-order valence-electron chi connectivity index (χ0n) is 8.62. The Morgan fingerprint density at radius 2 is 2.36 bits per heavy atom. The highest BCUT2D eigenvalue weighted by Gasteiger charge is 2.11. The molecule has 2 rings (SSSR count). The first-order chi connectivity index (χ1) is 6.75. The first-order valence-corrected chi connectivity index (χ1v) is 5.26. The molecule has 0 saturated heterocycles. The van der Waals surface area contributed by atoms with Crippen LogP contribution in [0, 0.1) is 0 Å². The van der Waals surface area contributed by atoms with E-state index in [-0.39, 0.29) is 0 Å². The summed E-state index contributed by atoms with van der Waals surface area (Å²) in [6.45, 7) is 2.89. The standard InChI is InChI=1S/C12H17NO/c1-9(13)2-3-10-4-5-12-11(8-10)6-7-14-12/h4-5,8-9H,2-3,6-7,13H2,1H3/t9-/m1/s1. The Morgan fingerprint density at radius 1 is 1.50 bits per heavy atom. The minimum Gasteiger partial charge on any atom is -0.493 e. The quantitative estimate of drug-likeness (QED) is 0.792. The van der Waals surface area contributed by atoms with Crippen molar-refractivity contribution in [1.29, 1.82) is 0 Å². The van der Waals surface area contributed by atoms with Gasteiger partial charge in [0.2, 0.25) is 0 Å². The molecular weight excluding hydrogens is 174 g/mol. The summed E-state index contributed by atoms with van der Waals surface area (Å²) in [6.07, 6.45) is 3.19. The van der Waals surface area contributed by atoms with Gasteiger partial charge in [0.05, 0.1) is 6.61 Å². The molecule has 14 heavy (non-hydrogen) atoms. The van der Waals surface area contributed by atoms with E-state index in [9.17, 15) is 0 Å². The topological polar surface area (TPSA) is 35.2 Å². The summed E-state index contributed by atoms with van der Waals surface area (Å²) in [5.74, 6) is 1.06. The Labute approximate surface area is 85.1 Å². The third kappa shape index (κ3) is 2.07. The molecule has 1 atom stereocenters. The third-order valence-electron chi connectivity index (χ3n) is 2.64. The minimum absolute atomic E-state index is 0.291. The number of fused-ring (bicyclic) bond motifs is 1. The van der Waals surface area contributed by atoms with Crippen LogP contribution < -0.4 is 10.5 Å². The van der Waals surface area contributed by atoms with Gasteiger partial charge in [0.15, 0.2) is 0 Å². The molecule has 1 aliphatic rings. The van der Waals surface area contributed by atoms with Crippen LogP contribution in [0.25, 0.3) is 0 Å². The Morgan fingerprint density at radius 3 is 3.14 bits per heavy atom. The van der Waals surface area contributed by atoms with E-state index in [1.54, 1.807) is 0 Å². The van der Waals surface area contributed by atoms with E-state index in [4.69, 9.17) is 10.5 Å². The Kier molecular flexibility index (Phi) is 2.73. The van der Waals surface area contributed by atoms with Crippen molar-refractivity contribution < 1.29 is 4.74 Å². The molecule has 1 aliphatic heterocycles. The second kappa shape index (κ2) is 4.01. The van der Waals surface area contributed by atoms with Gasteiger partial charge in [0.25, 0.3) is 0 Å². The Bertz CT molecular complexity index is 320. The fraction of sp³-hybridized carbons (Fsp3) is 0.500. The SMILES string of the molecule is C[C@@H](N)CCc1ccc2c(c1)CCO2. The van der Waals surface area contributed by atoms with Crippen LogP contribution in [0.2, 0.25) is 0 Å². The number of benzene rings is 1. The van der Waals surface area contributed by atoms with Crippen LogP contribution in [-0.2, 0) is 12.8 Å². The van der Waals surface area contributed by atoms with E-state index in [0.717, 1.165) is 31.6 Å². The molecule has 0 bridgehead atoms. The Hall–Kier alpha value is -1.02. The first kappa shape index (κ1) is 9.53. The van der Waals surface area contributed by atoms with Crippen LogP contribution in [0.4, 0.5) is 0 Å². The lowest BCUT2D eigenvalue weighted by molar-refractivity contribution is 0.357. The monoisotopic (exact) mass is 191 g/mol. The Balaban J connectivity index is 2.05. The maximum absolute atomic E-state index is 5.73. The second-order valence-corrected chi connectivity index (χ2v) is 4.06. The van der Waals surface area contributed by atoms with E-state index in [1.807, 2.05) is 0 Å². The van der Waals surface area contributed by atoms with Gasteiger partial charge in [-0.1, -0.05) is 12.1 Å². The number of hydrogen-bond donors (Lipinski definition) is 1. The fourth-order valence-electron chi connectivity index (χ4n) is 1.79. The van der Waals surface area contributed by atoms with Gasteiger partial charge in [-0.2, -0.15) is 0 Å². The predicted octanol–water partition coefficient (Wildman–Crippen LogP) is 1.90. The highest BCUT2D eigenvalue weighted by molar-refractivity contribution is 5.39. The van der Waals surface area contributed by atoms with Crippen molar-refractivity contribution in [3.63, 3.8) is 0 Å². The zero-order chi connectivity index (χ0) is 9.97. The molecular formula is C12H17NO. The second-order valence-electron chi connectivity index (χ2n) is 4.06. The van der Waals surface area contributed by atoms with Crippen LogP contribution in [0.1, 0.15) is 24.5 Å². The number of hydrogen-bond acceptors (Lipinski definition) is 2. The van der Waals surface area contributed by atoms with Crippen LogP contribution in [-0.4, -0.2) is 12.6 Å². The number of rotatable bonds is 3. The van der Waals surface area contributed by atoms with Crippen molar-refractivity contribution in [2.45, 2.75) is 32.2 Å². The summed E-state index contributed by atoms with van der Waals surface area (Å²) in [4.78, 5) is 0. The molecule has 1 aromatic rings. The molecule has 0 fully saturated rings. The molecule has 2 heteroatoms. The van der Waals surface area contributed by atoms with Gasteiger partial charge in [0.1, 0.15) is 5.75 Å². The molecule has 2 nitrogen and oxygen atoms in total. The maximum atomic E-state index is 5.73. The minimum atomic E-state index is 0.291. The molecule has 0 amide bonds. The number of ether oxygens (including phenoxy) is 1. The van der Waals surface area contributed by atoms with Gasteiger partial charge >= 0.3 is 0 Å². The summed E-state index contributed by atoms with van der Waals surface area (Å²) in [5.41, 5.74) is 8.46. The highest BCUT2D eigenvalue weighted by Crippen LogP contribution is 2.26. The number of nitrogens with two attached hydrogens (primary N) is 1. The van der Waals surface area contributed by atoms with Gasteiger partial charge < -0.3 is 10.5 Å².